The van der Waals surface area contributed by atoms with Gasteiger partial charge in [-0.25, -0.2) is 0 Å². The quantitative estimate of drug-likeness (QED) is 0.181. The van der Waals surface area contributed by atoms with Crippen LogP contribution in [0.5, 0.6) is 0 Å². The number of carboxylic acid groups (broad SMARTS) is 1. The Balaban J connectivity index is 1.66. The third kappa shape index (κ3) is 7.86. The highest BCUT2D eigenvalue weighted by molar-refractivity contribution is 5.88. The van der Waals surface area contributed by atoms with Crippen molar-refractivity contribution in [3.63, 3.8) is 0 Å². The zero-order valence-corrected chi connectivity index (χ0v) is 22.3. The van der Waals surface area contributed by atoms with Crippen LogP contribution < -0.4 is 5.32 Å². The van der Waals surface area contributed by atoms with E-state index in [-0.39, 0.29) is 0 Å². The summed E-state index contributed by atoms with van der Waals surface area (Å²) < 4.78 is 0. The number of para-hydroxylation sites is 1. The predicted molar refractivity (Wildman–Crippen MR) is 146 cm³/mol. The first-order valence-electron chi connectivity index (χ1n) is 13.9. The highest BCUT2D eigenvalue weighted by Gasteiger charge is 2.49. The van der Waals surface area contributed by atoms with Crippen molar-refractivity contribution in [2.75, 3.05) is 6.54 Å². The van der Waals surface area contributed by atoms with E-state index in [1.165, 1.54) is 77.0 Å². The first-order chi connectivity index (χ1) is 16.3. The molecule has 1 aromatic carbocycles. The minimum atomic E-state index is -1.05. The molecule has 2 rings (SSSR count). The van der Waals surface area contributed by atoms with E-state index < -0.39 is 16.9 Å². The SMILES string of the molecule is CCCCCCCCCCCCCCCCN[C@](C)(C(=O)O)C(C)(C)c1c[nH]c2ccccc12. The van der Waals surface area contributed by atoms with E-state index in [0.717, 1.165) is 35.9 Å². The van der Waals surface area contributed by atoms with Gasteiger partial charge in [-0.2, -0.15) is 0 Å². The van der Waals surface area contributed by atoms with Crippen LogP contribution in [0.15, 0.2) is 30.5 Å². The molecular weight excluding hydrogens is 420 g/mol. The van der Waals surface area contributed by atoms with E-state index >= 15 is 0 Å². The topological polar surface area (TPSA) is 65.1 Å². The van der Waals surface area contributed by atoms with E-state index in [9.17, 15) is 9.90 Å². The number of carbonyl (C=O) groups is 1. The van der Waals surface area contributed by atoms with Gasteiger partial charge in [-0.15, -0.1) is 0 Å². The Morgan fingerprint density at radius 2 is 1.32 bits per heavy atom. The number of H-pyrrole nitrogens is 1. The maximum absolute atomic E-state index is 12.4. The molecule has 3 N–H and O–H groups in total. The lowest BCUT2D eigenvalue weighted by molar-refractivity contribution is -0.147. The van der Waals surface area contributed by atoms with Crippen LogP contribution in [-0.2, 0) is 10.2 Å². The molecule has 0 fully saturated rings. The smallest absolute Gasteiger partial charge is 0.324 e. The van der Waals surface area contributed by atoms with Gasteiger partial charge in [-0.1, -0.05) is 122 Å². The lowest BCUT2D eigenvalue weighted by Gasteiger charge is -2.42. The van der Waals surface area contributed by atoms with Crippen LogP contribution in [0.3, 0.4) is 0 Å². The fourth-order valence-corrected chi connectivity index (χ4v) is 5.08. The second-order valence-corrected chi connectivity index (χ2v) is 10.8. The average Bonchev–Trinajstić information content (AvgIpc) is 3.26. The molecule has 0 amide bonds. The molecule has 1 heterocycles. The number of hydrogen-bond donors (Lipinski definition) is 3. The number of aromatic amines is 1. The van der Waals surface area contributed by atoms with Crippen molar-refractivity contribution in [3.8, 4) is 0 Å². The number of nitrogens with one attached hydrogen (secondary N) is 2. The molecule has 0 aliphatic carbocycles. The monoisotopic (exact) mass is 470 g/mol. The molecule has 1 atom stereocenters. The number of unbranched alkanes of at least 4 members (excludes halogenated alkanes) is 13. The van der Waals surface area contributed by atoms with Gasteiger partial charge in [0.15, 0.2) is 0 Å². The lowest BCUT2D eigenvalue weighted by Crippen LogP contribution is -2.61. The second kappa shape index (κ2) is 14.6. The van der Waals surface area contributed by atoms with Crippen LogP contribution in [0.25, 0.3) is 10.9 Å². The molecule has 0 bridgehead atoms. The maximum Gasteiger partial charge on any atom is 0.324 e. The van der Waals surface area contributed by atoms with E-state index in [0.29, 0.717) is 0 Å². The molecule has 4 nitrogen and oxygen atoms in total. The minimum absolute atomic E-state index is 0.575. The number of carboxylic acids is 1. The van der Waals surface area contributed by atoms with Gasteiger partial charge in [0, 0.05) is 22.5 Å². The summed E-state index contributed by atoms with van der Waals surface area (Å²) in [5.41, 5.74) is 0.467. The third-order valence-corrected chi connectivity index (χ3v) is 7.95. The Hall–Kier alpha value is -1.81. The predicted octanol–water partition coefficient (Wildman–Crippen LogP) is 8.36. The Bertz CT molecular complexity index is 841. The zero-order valence-electron chi connectivity index (χ0n) is 22.3. The number of aliphatic carboxylic acids is 1. The Labute approximate surface area is 208 Å². The van der Waals surface area contributed by atoms with Gasteiger partial charge < -0.3 is 15.4 Å². The third-order valence-electron chi connectivity index (χ3n) is 7.95. The summed E-state index contributed by atoms with van der Waals surface area (Å²) in [7, 11) is 0. The normalized spacial score (nSPS) is 13.9. The highest BCUT2D eigenvalue weighted by atomic mass is 16.4. The molecule has 4 heteroatoms. The van der Waals surface area contributed by atoms with Gasteiger partial charge in [0.1, 0.15) is 5.54 Å². The molecule has 34 heavy (non-hydrogen) atoms. The number of rotatable bonds is 19. The summed E-state index contributed by atoms with van der Waals surface area (Å²) in [6.07, 6.45) is 20.6. The summed E-state index contributed by atoms with van der Waals surface area (Å²) in [4.78, 5) is 15.7. The molecule has 1 aromatic heterocycles. The second-order valence-electron chi connectivity index (χ2n) is 10.8. The van der Waals surface area contributed by atoms with Crippen LogP contribution in [0.4, 0.5) is 0 Å². The van der Waals surface area contributed by atoms with Crippen LogP contribution in [-0.4, -0.2) is 28.1 Å². The molecule has 0 unspecified atom stereocenters. The molecule has 0 radical (unpaired) electrons. The van der Waals surface area contributed by atoms with Crippen molar-refractivity contribution in [2.45, 2.75) is 129 Å². The number of benzene rings is 1. The Morgan fingerprint density at radius 1 is 0.824 bits per heavy atom. The molecule has 2 aromatic rings. The van der Waals surface area contributed by atoms with Gasteiger partial charge in [-0.05, 0) is 31.5 Å². The number of hydrogen-bond acceptors (Lipinski definition) is 2. The molecule has 0 spiro atoms. The molecular formula is C30H50N2O2. The summed E-state index contributed by atoms with van der Waals surface area (Å²) >= 11 is 0. The summed E-state index contributed by atoms with van der Waals surface area (Å²) in [6, 6.07) is 8.11. The van der Waals surface area contributed by atoms with Crippen LogP contribution in [0.2, 0.25) is 0 Å². The Kier molecular flexibility index (Phi) is 12.2. The largest absolute Gasteiger partial charge is 0.480 e. The molecule has 0 aliphatic rings. The van der Waals surface area contributed by atoms with Gasteiger partial charge in [-0.3, -0.25) is 4.79 Å². The zero-order chi connectivity index (χ0) is 24.9. The standard InChI is InChI=1S/C30H50N2O2/c1-5-6-7-8-9-10-11-12-13-14-15-16-17-20-23-32-30(4,28(33)34)29(2,3)26-24-31-27-22-19-18-21-25(26)27/h18-19,21-22,24,31-32H,5-17,20,23H2,1-4H3,(H,33,34)/t30-/m1/s1. The van der Waals surface area contributed by atoms with Crippen molar-refractivity contribution >= 4 is 16.9 Å². The molecule has 0 saturated heterocycles. The van der Waals surface area contributed by atoms with Crippen molar-refractivity contribution in [2.24, 2.45) is 0 Å². The van der Waals surface area contributed by atoms with Crippen molar-refractivity contribution in [1.29, 1.82) is 0 Å². The first kappa shape index (κ1) is 28.4. The minimum Gasteiger partial charge on any atom is -0.480 e. The Morgan fingerprint density at radius 3 is 1.85 bits per heavy atom. The lowest BCUT2D eigenvalue weighted by atomic mass is 9.68. The van der Waals surface area contributed by atoms with Gasteiger partial charge in [0.2, 0.25) is 0 Å². The summed E-state index contributed by atoms with van der Waals surface area (Å²) in [6.45, 7) is 8.91. The van der Waals surface area contributed by atoms with Crippen LogP contribution in [0.1, 0.15) is 123 Å². The van der Waals surface area contributed by atoms with E-state index in [2.05, 4.69) is 23.3 Å². The van der Waals surface area contributed by atoms with Gasteiger partial charge in [0.05, 0.1) is 0 Å². The summed E-state index contributed by atoms with van der Waals surface area (Å²) in [5.74, 6) is -0.798. The molecule has 0 saturated carbocycles. The van der Waals surface area contributed by atoms with Crippen molar-refractivity contribution < 1.29 is 9.90 Å². The van der Waals surface area contributed by atoms with E-state index in [1.54, 1.807) is 0 Å². The van der Waals surface area contributed by atoms with Crippen molar-refractivity contribution in [3.05, 3.63) is 36.0 Å². The first-order valence-corrected chi connectivity index (χ1v) is 13.9. The fourth-order valence-electron chi connectivity index (χ4n) is 5.08. The van der Waals surface area contributed by atoms with E-state index in [4.69, 9.17) is 0 Å². The highest BCUT2D eigenvalue weighted by Crippen LogP contribution is 2.39. The van der Waals surface area contributed by atoms with Gasteiger partial charge >= 0.3 is 5.97 Å². The number of aromatic nitrogens is 1. The van der Waals surface area contributed by atoms with Crippen LogP contribution in [0, 0.1) is 0 Å². The van der Waals surface area contributed by atoms with Crippen molar-refractivity contribution in [1.82, 2.24) is 10.3 Å². The maximum atomic E-state index is 12.4. The molecule has 0 aliphatic heterocycles. The average molecular weight is 471 g/mol. The number of fused-ring (bicyclic) bond motifs is 1. The van der Waals surface area contributed by atoms with Gasteiger partial charge in [0.25, 0.3) is 0 Å². The fraction of sp³-hybridized carbons (Fsp3) is 0.700. The van der Waals surface area contributed by atoms with Crippen LogP contribution >= 0.6 is 0 Å². The molecule has 192 valence electrons. The van der Waals surface area contributed by atoms with E-state index in [1.807, 2.05) is 45.2 Å². The summed E-state index contributed by atoms with van der Waals surface area (Å²) in [5, 5.41) is 14.7.